The van der Waals surface area contributed by atoms with Crippen LogP contribution >= 0.6 is 11.8 Å². The highest BCUT2D eigenvalue weighted by atomic mass is 32.2. The molecule has 0 saturated carbocycles. The first-order chi connectivity index (χ1) is 6.96. The number of carbonyl (C=O) groups is 1. The molecule has 0 aromatic rings. The average molecular weight is 235 g/mol. The van der Waals surface area contributed by atoms with Crippen molar-refractivity contribution in [2.24, 2.45) is 0 Å². The fourth-order valence-corrected chi connectivity index (χ4v) is 1.92. The van der Waals surface area contributed by atoms with E-state index >= 15 is 0 Å². The van der Waals surface area contributed by atoms with Crippen molar-refractivity contribution in [2.45, 2.75) is 37.5 Å². The van der Waals surface area contributed by atoms with Crippen LogP contribution in [0, 0.1) is 0 Å². The Morgan fingerprint density at radius 3 is 2.60 bits per heavy atom. The number of nitrogens with one attached hydrogen (secondary N) is 1. The van der Waals surface area contributed by atoms with Gasteiger partial charge in [-0.05, 0) is 32.6 Å². The Kier molecular flexibility index (Phi) is 6.96. The molecule has 0 aliphatic carbocycles. The van der Waals surface area contributed by atoms with Crippen LogP contribution in [-0.4, -0.2) is 46.4 Å². The highest BCUT2D eigenvalue weighted by molar-refractivity contribution is 7.99. The molecule has 90 valence electrons. The number of aliphatic hydroxyl groups is 1. The quantitative estimate of drug-likeness (QED) is 0.546. The molecule has 0 amide bonds. The number of aliphatic hydroxyl groups excluding tert-OH is 1. The van der Waals surface area contributed by atoms with Crippen molar-refractivity contribution in [3.63, 3.8) is 0 Å². The summed E-state index contributed by atoms with van der Waals surface area (Å²) in [5.41, 5.74) is -0.830. The molecule has 0 rings (SSSR count). The van der Waals surface area contributed by atoms with Gasteiger partial charge in [0.15, 0.2) is 0 Å². The maximum absolute atomic E-state index is 10.9. The van der Waals surface area contributed by atoms with E-state index in [1.165, 1.54) is 0 Å². The monoisotopic (exact) mass is 235 g/mol. The topological polar surface area (TPSA) is 69.6 Å². The van der Waals surface area contributed by atoms with E-state index in [-0.39, 0.29) is 11.9 Å². The van der Waals surface area contributed by atoms with Crippen LogP contribution in [-0.2, 0) is 4.79 Å². The predicted molar refractivity (Wildman–Crippen MR) is 63.3 cm³/mol. The van der Waals surface area contributed by atoms with E-state index in [1.54, 1.807) is 25.7 Å². The van der Waals surface area contributed by atoms with Crippen LogP contribution < -0.4 is 5.32 Å². The molecule has 0 aliphatic rings. The number of hydrogen-bond acceptors (Lipinski definition) is 4. The molecule has 0 saturated heterocycles. The zero-order valence-corrected chi connectivity index (χ0v) is 10.4. The molecule has 3 N–H and O–H groups in total. The molecular formula is C10H21NO3S. The van der Waals surface area contributed by atoms with Crippen LogP contribution in [0.3, 0.4) is 0 Å². The first-order valence-corrected chi connectivity index (χ1v) is 6.16. The molecular weight excluding hydrogens is 214 g/mol. The van der Waals surface area contributed by atoms with Gasteiger partial charge < -0.3 is 15.5 Å². The van der Waals surface area contributed by atoms with Gasteiger partial charge in [0.2, 0.25) is 0 Å². The molecule has 0 radical (unpaired) electrons. The number of carboxylic acids is 1. The molecule has 0 aromatic heterocycles. The Morgan fingerprint density at radius 2 is 2.20 bits per heavy atom. The van der Waals surface area contributed by atoms with E-state index in [4.69, 9.17) is 10.2 Å². The minimum atomic E-state index is -0.830. The highest BCUT2D eigenvalue weighted by Crippen LogP contribution is 2.17. The third-order valence-corrected chi connectivity index (χ3v) is 3.75. The van der Waals surface area contributed by atoms with Gasteiger partial charge in [-0.1, -0.05) is 6.92 Å². The molecule has 5 heteroatoms. The zero-order chi connectivity index (χ0) is 11.9. The second-order valence-electron chi connectivity index (χ2n) is 3.85. The summed E-state index contributed by atoms with van der Waals surface area (Å²) < 4.78 is 0. The summed E-state index contributed by atoms with van der Waals surface area (Å²) in [7, 11) is 1.66. The lowest BCUT2D eigenvalue weighted by molar-refractivity contribution is -0.144. The highest BCUT2D eigenvalue weighted by Gasteiger charge is 2.30. The summed E-state index contributed by atoms with van der Waals surface area (Å²) >= 11 is 1.67. The first kappa shape index (κ1) is 14.7. The number of carboxylic acid groups (broad SMARTS) is 1. The van der Waals surface area contributed by atoms with Crippen molar-refractivity contribution < 1.29 is 15.0 Å². The lowest BCUT2D eigenvalue weighted by atomic mass is 9.97. The van der Waals surface area contributed by atoms with Gasteiger partial charge in [-0.3, -0.25) is 4.79 Å². The fraction of sp³-hybridized carbons (Fsp3) is 0.900. The van der Waals surface area contributed by atoms with Crippen LogP contribution in [0.1, 0.15) is 26.7 Å². The van der Waals surface area contributed by atoms with Crippen molar-refractivity contribution in [3.05, 3.63) is 0 Å². The normalized spacial score (nSPS) is 17.1. The predicted octanol–water partition coefficient (Wildman–Crippen LogP) is 0.943. The second kappa shape index (κ2) is 7.09. The second-order valence-corrected chi connectivity index (χ2v) is 5.40. The van der Waals surface area contributed by atoms with Crippen molar-refractivity contribution in [1.29, 1.82) is 0 Å². The Labute approximate surface area is 95.4 Å². The summed E-state index contributed by atoms with van der Waals surface area (Å²) in [5.74, 6) is 0.0666. The van der Waals surface area contributed by atoms with Gasteiger partial charge in [0.25, 0.3) is 0 Å². The summed E-state index contributed by atoms with van der Waals surface area (Å²) in [6.07, 6.45) is 1.43. The molecule has 15 heavy (non-hydrogen) atoms. The summed E-state index contributed by atoms with van der Waals surface area (Å²) in [6.45, 7) is 3.82. The van der Waals surface area contributed by atoms with Crippen molar-refractivity contribution in [1.82, 2.24) is 5.32 Å². The number of likely N-dealkylation sites (N-methyl/N-ethyl adjacent to an activating group) is 1. The van der Waals surface area contributed by atoms with E-state index in [9.17, 15) is 4.79 Å². The van der Waals surface area contributed by atoms with Gasteiger partial charge in [-0.25, -0.2) is 0 Å². The third kappa shape index (κ3) is 5.39. The van der Waals surface area contributed by atoms with Gasteiger partial charge in [0, 0.05) is 5.25 Å². The van der Waals surface area contributed by atoms with Crippen LogP contribution in [0.25, 0.3) is 0 Å². The average Bonchev–Trinajstić information content (AvgIpc) is 2.23. The van der Waals surface area contributed by atoms with Crippen LogP contribution in [0.15, 0.2) is 0 Å². The molecule has 0 aliphatic heterocycles. The molecule has 2 atom stereocenters. The Hall–Kier alpha value is -0.260. The van der Waals surface area contributed by atoms with Gasteiger partial charge in [-0.15, -0.1) is 0 Å². The molecule has 4 nitrogen and oxygen atoms in total. The molecule has 0 bridgehead atoms. The smallest absolute Gasteiger partial charge is 0.323 e. The van der Waals surface area contributed by atoms with E-state index in [0.29, 0.717) is 6.42 Å². The number of rotatable bonds is 8. The Bertz CT molecular complexity index is 201. The standard InChI is InChI=1S/C10H21NO3S/c1-8(7-12)15-6-4-5-10(2,11-3)9(13)14/h8,11-12H,4-7H2,1-3H3,(H,13,14). The largest absolute Gasteiger partial charge is 0.480 e. The molecule has 0 heterocycles. The van der Waals surface area contributed by atoms with E-state index < -0.39 is 11.5 Å². The zero-order valence-electron chi connectivity index (χ0n) is 9.62. The fourth-order valence-electron chi connectivity index (χ4n) is 1.10. The van der Waals surface area contributed by atoms with E-state index in [0.717, 1.165) is 12.2 Å². The van der Waals surface area contributed by atoms with Crippen LogP contribution in [0.4, 0.5) is 0 Å². The summed E-state index contributed by atoms with van der Waals surface area (Å²) in [6, 6.07) is 0. The molecule has 2 unspecified atom stereocenters. The first-order valence-electron chi connectivity index (χ1n) is 5.11. The van der Waals surface area contributed by atoms with Crippen molar-refractivity contribution in [3.8, 4) is 0 Å². The van der Waals surface area contributed by atoms with Gasteiger partial charge >= 0.3 is 5.97 Å². The lowest BCUT2D eigenvalue weighted by Crippen LogP contribution is -2.47. The molecule has 0 fully saturated rings. The molecule has 0 aromatic carbocycles. The number of aliphatic carboxylic acids is 1. The minimum Gasteiger partial charge on any atom is -0.480 e. The lowest BCUT2D eigenvalue weighted by Gasteiger charge is -2.24. The van der Waals surface area contributed by atoms with Gasteiger partial charge in [-0.2, -0.15) is 11.8 Å². The van der Waals surface area contributed by atoms with Gasteiger partial charge in [0.05, 0.1) is 6.61 Å². The maximum Gasteiger partial charge on any atom is 0.323 e. The number of thioether (sulfide) groups is 1. The maximum atomic E-state index is 10.9. The minimum absolute atomic E-state index is 0.174. The van der Waals surface area contributed by atoms with Crippen molar-refractivity contribution >= 4 is 17.7 Å². The summed E-state index contributed by atoms with van der Waals surface area (Å²) in [4.78, 5) is 10.9. The Balaban J connectivity index is 3.78. The SMILES string of the molecule is CNC(C)(CCCSC(C)CO)C(=O)O. The van der Waals surface area contributed by atoms with Crippen molar-refractivity contribution in [2.75, 3.05) is 19.4 Å². The van der Waals surface area contributed by atoms with Crippen LogP contribution in [0.5, 0.6) is 0 Å². The van der Waals surface area contributed by atoms with Crippen LogP contribution in [0.2, 0.25) is 0 Å². The van der Waals surface area contributed by atoms with E-state index in [1.807, 2.05) is 6.92 Å². The van der Waals surface area contributed by atoms with E-state index in [2.05, 4.69) is 5.32 Å². The number of hydrogen-bond donors (Lipinski definition) is 3. The third-order valence-electron chi connectivity index (χ3n) is 2.50. The Morgan fingerprint density at radius 1 is 1.60 bits per heavy atom. The van der Waals surface area contributed by atoms with Gasteiger partial charge in [0.1, 0.15) is 5.54 Å². The summed E-state index contributed by atoms with van der Waals surface area (Å²) in [5, 5.41) is 20.8. The molecule has 0 spiro atoms.